The first-order valence-electron chi connectivity index (χ1n) is 8.45. The number of H-pyrrole nitrogens is 1. The van der Waals surface area contributed by atoms with Gasteiger partial charge in [0.2, 0.25) is 0 Å². The highest BCUT2D eigenvalue weighted by molar-refractivity contribution is 5.78. The van der Waals surface area contributed by atoms with Gasteiger partial charge >= 0.3 is 0 Å². The summed E-state index contributed by atoms with van der Waals surface area (Å²) in [7, 11) is 1.97. The van der Waals surface area contributed by atoms with Gasteiger partial charge < -0.3 is 4.98 Å². The molecule has 122 valence electrons. The van der Waals surface area contributed by atoms with E-state index in [1.807, 2.05) is 17.9 Å². The Balaban J connectivity index is 2.03. The topological polar surface area (TPSA) is 63.6 Å². The fourth-order valence-corrected chi connectivity index (χ4v) is 2.90. The molecule has 0 bridgehead atoms. The number of aromatic nitrogens is 4. The number of aromatic amines is 1. The second-order valence-corrected chi connectivity index (χ2v) is 6.24. The molecule has 0 saturated heterocycles. The number of allylic oxidation sites excluding steroid dienone is 1. The van der Waals surface area contributed by atoms with Crippen molar-refractivity contribution in [2.75, 3.05) is 0 Å². The molecule has 0 unspecified atom stereocenters. The zero-order valence-corrected chi connectivity index (χ0v) is 14.1. The number of hydrogen-bond donors (Lipinski definition) is 1. The van der Waals surface area contributed by atoms with Crippen molar-refractivity contribution in [3.8, 4) is 0 Å². The van der Waals surface area contributed by atoms with Crippen LogP contribution in [-0.2, 0) is 13.5 Å². The Kier molecular flexibility index (Phi) is 4.46. The minimum absolute atomic E-state index is 0.0785. The van der Waals surface area contributed by atoms with Crippen molar-refractivity contribution in [2.24, 2.45) is 7.05 Å². The van der Waals surface area contributed by atoms with E-state index in [2.05, 4.69) is 35.0 Å². The monoisotopic (exact) mass is 312 g/mol. The summed E-state index contributed by atoms with van der Waals surface area (Å²) in [6, 6.07) is 1.60. The first-order chi connectivity index (χ1) is 11.1. The summed E-state index contributed by atoms with van der Waals surface area (Å²) in [6.45, 7) is 4.18. The van der Waals surface area contributed by atoms with Gasteiger partial charge in [-0.25, -0.2) is 4.98 Å². The highest BCUT2D eigenvalue weighted by Crippen LogP contribution is 2.42. The quantitative estimate of drug-likeness (QED) is 0.890. The molecule has 0 aliphatic heterocycles. The molecule has 1 aliphatic rings. The first-order valence-corrected chi connectivity index (χ1v) is 8.45. The molecule has 1 N–H and O–H groups in total. The van der Waals surface area contributed by atoms with Crippen molar-refractivity contribution in [1.29, 1.82) is 0 Å². The molecule has 2 aromatic heterocycles. The van der Waals surface area contributed by atoms with Crippen LogP contribution >= 0.6 is 0 Å². The van der Waals surface area contributed by atoms with Crippen LogP contribution in [0.15, 0.2) is 17.1 Å². The van der Waals surface area contributed by atoms with Crippen molar-refractivity contribution < 1.29 is 0 Å². The highest BCUT2D eigenvalue weighted by Gasteiger charge is 2.27. The van der Waals surface area contributed by atoms with Crippen LogP contribution in [0.3, 0.4) is 0 Å². The largest absolute Gasteiger partial charge is 0.307 e. The van der Waals surface area contributed by atoms with E-state index < -0.39 is 0 Å². The third-order valence-corrected chi connectivity index (χ3v) is 4.33. The SMILES string of the molecule is CCCc1cc(=O)[nH]c(/C(=C/c2c(C3CC3)cnn2C)CC)n1. The maximum absolute atomic E-state index is 11.9. The van der Waals surface area contributed by atoms with Crippen molar-refractivity contribution in [1.82, 2.24) is 19.7 Å². The van der Waals surface area contributed by atoms with Crippen LogP contribution in [0.4, 0.5) is 0 Å². The summed E-state index contributed by atoms with van der Waals surface area (Å²) in [5.74, 6) is 1.33. The molecule has 1 aliphatic carbocycles. The third-order valence-electron chi connectivity index (χ3n) is 4.33. The lowest BCUT2D eigenvalue weighted by molar-refractivity contribution is 0.758. The minimum atomic E-state index is -0.0785. The lowest BCUT2D eigenvalue weighted by Crippen LogP contribution is -2.12. The molecule has 0 aromatic carbocycles. The Bertz CT molecular complexity index is 781. The average molecular weight is 312 g/mol. The van der Waals surface area contributed by atoms with Gasteiger partial charge in [0, 0.05) is 24.4 Å². The molecule has 2 aromatic rings. The lowest BCUT2D eigenvalue weighted by atomic mass is 10.1. The fourth-order valence-electron chi connectivity index (χ4n) is 2.90. The molecule has 0 amide bonds. The van der Waals surface area contributed by atoms with E-state index in [1.165, 1.54) is 18.4 Å². The van der Waals surface area contributed by atoms with Crippen molar-refractivity contribution >= 4 is 11.6 Å². The molecule has 0 atom stereocenters. The number of hydrogen-bond acceptors (Lipinski definition) is 3. The zero-order chi connectivity index (χ0) is 16.4. The van der Waals surface area contributed by atoms with Gasteiger partial charge in [0.1, 0.15) is 5.82 Å². The highest BCUT2D eigenvalue weighted by atomic mass is 16.1. The summed E-state index contributed by atoms with van der Waals surface area (Å²) in [5, 5.41) is 4.40. The maximum atomic E-state index is 11.9. The summed E-state index contributed by atoms with van der Waals surface area (Å²) >= 11 is 0. The van der Waals surface area contributed by atoms with Gasteiger partial charge in [0.25, 0.3) is 5.56 Å². The molecule has 2 heterocycles. The standard InChI is InChI=1S/C18H24N4O/c1-4-6-14-10-17(23)21-18(20-14)12(5-2)9-16-15(13-7-8-13)11-19-22(16)3/h9-11,13H,4-8H2,1-3H3,(H,20,21,23)/b12-9+. The zero-order valence-electron chi connectivity index (χ0n) is 14.1. The van der Waals surface area contributed by atoms with Crippen LogP contribution in [0.2, 0.25) is 0 Å². The normalized spacial score (nSPS) is 15.2. The molecule has 5 heteroatoms. The fraction of sp³-hybridized carbons (Fsp3) is 0.500. The maximum Gasteiger partial charge on any atom is 0.251 e. The van der Waals surface area contributed by atoms with Gasteiger partial charge in [0.15, 0.2) is 0 Å². The number of nitrogens with one attached hydrogen (secondary N) is 1. The summed E-state index contributed by atoms with van der Waals surface area (Å²) < 4.78 is 1.91. The van der Waals surface area contributed by atoms with Gasteiger partial charge in [0.05, 0.1) is 11.9 Å². The van der Waals surface area contributed by atoms with E-state index in [4.69, 9.17) is 0 Å². The van der Waals surface area contributed by atoms with Crippen LogP contribution in [0, 0.1) is 0 Å². The van der Waals surface area contributed by atoms with E-state index in [1.54, 1.807) is 6.07 Å². The van der Waals surface area contributed by atoms with E-state index in [0.717, 1.165) is 36.2 Å². The summed E-state index contributed by atoms with van der Waals surface area (Å²) in [6.07, 6.45) is 9.22. The van der Waals surface area contributed by atoms with Crippen molar-refractivity contribution in [2.45, 2.75) is 51.9 Å². The van der Waals surface area contributed by atoms with Crippen LogP contribution < -0.4 is 5.56 Å². The van der Waals surface area contributed by atoms with Gasteiger partial charge in [-0.1, -0.05) is 20.3 Å². The molecule has 23 heavy (non-hydrogen) atoms. The van der Waals surface area contributed by atoms with E-state index in [-0.39, 0.29) is 5.56 Å². The molecule has 5 nitrogen and oxygen atoms in total. The van der Waals surface area contributed by atoms with Gasteiger partial charge in [-0.2, -0.15) is 5.10 Å². The predicted molar refractivity (Wildman–Crippen MR) is 92.2 cm³/mol. The van der Waals surface area contributed by atoms with Gasteiger partial charge in [-0.3, -0.25) is 9.48 Å². The molecule has 1 saturated carbocycles. The third kappa shape index (κ3) is 3.44. The Morgan fingerprint density at radius 1 is 1.43 bits per heavy atom. The molecule has 0 spiro atoms. The second kappa shape index (κ2) is 6.52. The smallest absolute Gasteiger partial charge is 0.251 e. The van der Waals surface area contributed by atoms with Crippen LogP contribution in [-0.4, -0.2) is 19.7 Å². The second-order valence-electron chi connectivity index (χ2n) is 6.24. The Morgan fingerprint density at radius 2 is 2.22 bits per heavy atom. The predicted octanol–water partition coefficient (Wildman–Crippen LogP) is 3.28. The van der Waals surface area contributed by atoms with Crippen LogP contribution in [0.1, 0.15) is 68.2 Å². The first kappa shape index (κ1) is 15.7. The Hall–Kier alpha value is -2.17. The average Bonchev–Trinajstić information content (AvgIpc) is 3.29. The van der Waals surface area contributed by atoms with E-state index >= 15 is 0 Å². The Labute approximate surface area is 136 Å². The molecule has 0 radical (unpaired) electrons. The van der Waals surface area contributed by atoms with Crippen molar-refractivity contribution in [3.63, 3.8) is 0 Å². The summed E-state index contributed by atoms with van der Waals surface area (Å²) in [4.78, 5) is 19.5. The molecular formula is C18H24N4O. The van der Waals surface area contributed by atoms with E-state index in [9.17, 15) is 4.79 Å². The molecular weight excluding hydrogens is 288 g/mol. The number of rotatable bonds is 6. The molecule has 1 fully saturated rings. The summed E-state index contributed by atoms with van der Waals surface area (Å²) in [5.41, 5.74) is 4.27. The molecule has 3 rings (SSSR count). The van der Waals surface area contributed by atoms with Gasteiger partial charge in [-0.15, -0.1) is 0 Å². The number of nitrogens with zero attached hydrogens (tertiary/aromatic N) is 3. The Morgan fingerprint density at radius 3 is 2.87 bits per heavy atom. The van der Waals surface area contributed by atoms with Gasteiger partial charge in [-0.05, 0) is 43.3 Å². The lowest BCUT2D eigenvalue weighted by Gasteiger charge is -2.08. The minimum Gasteiger partial charge on any atom is -0.307 e. The van der Waals surface area contributed by atoms with Crippen molar-refractivity contribution in [3.05, 3.63) is 45.4 Å². The van der Waals surface area contributed by atoms with E-state index in [0.29, 0.717) is 11.7 Å². The van der Waals surface area contributed by atoms with Crippen LogP contribution in [0.5, 0.6) is 0 Å². The number of aryl methyl sites for hydroxylation is 2. The van der Waals surface area contributed by atoms with Crippen LogP contribution in [0.25, 0.3) is 11.6 Å².